The maximum atomic E-state index is 12.9. The van der Waals surface area contributed by atoms with Gasteiger partial charge in [0, 0.05) is 17.1 Å². The number of hydrogen-bond donors (Lipinski definition) is 0. The molecule has 1 aromatic heterocycles. The predicted molar refractivity (Wildman–Crippen MR) is 101 cm³/mol. The molecule has 6 nitrogen and oxygen atoms in total. The molecular weight excluding hydrogens is 409 g/mol. The SMILES string of the molecule is CC(C)[C@H]1CN(c2cnc(C(F)(F)F)nc2)C(=O)N1CC(=O)c1cccc(Cl)c1. The second kappa shape index (κ2) is 7.98. The van der Waals surface area contributed by atoms with Gasteiger partial charge >= 0.3 is 12.2 Å². The highest BCUT2D eigenvalue weighted by Gasteiger charge is 2.41. The zero-order valence-corrected chi connectivity index (χ0v) is 16.4. The normalized spacial score (nSPS) is 17.3. The molecule has 1 aliphatic rings. The van der Waals surface area contributed by atoms with Crippen molar-refractivity contribution in [3.63, 3.8) is 0 Å². The fraction of sp³-hybridized carbons (Fsp3) is 0.368. The fourth-order valence-corrected chi connectivity index (χ4v) is 3.34. The average molecular weight is 427 g/mol. The van der Waals surface area contributed by atoms with Crippen LogP contribution in [-0.4, -0.2) is 45.8 Å². The number of amides is 2. The molecule has 0 radical (unpaired) electrons. The molecule has 154 valence electrons. The van der Waals surface area contributed by atoms with Gasteiger partial charge in [0.2, 0.25) is 5.82 Å². The number of halogens is 4. The number of Topliss-reactive ketones (excluding diaryl/α,β-unsaturated/α-hetero) is 1. The monoisotopic (exact) mass is 426 g/mol. The maximum Gasteiger partial charge on any atom is 0.451 e. The van der Waals surface area contributed by atoms with E-state index in [9.17, 15) is 22.8 Å². The van der Waals surface area contributed by atoms with Gasteiger partial charge in [0.15, 0.2) is 5.78 Å². The predicted octanol–water partition coefficient (Wildman–Crippen LogP) is 4.30. The summed E-state index contributed by atoms with van der Waals surface area (Å²) in [7, 11) is 0. The summed E-state index contributed by atoms with van der Waals surface area (Å²) in [4.78, 5) is 34.9. The van der Waals surface area contributed by atoms with Crippen molar-refractivity contribution in [2.24, 2.45) is 5.92 Å². The van der Waals surface area contributed by atoms with E-state index in [4.69, 9.17) is 11.6 Å². The van der Waals surface area contributed by atoms with Crippen molar-refractivity contribution < 1.29 is 22.8 Å². The number of ketones is 1. The molecule has 0 spiro atoms. The minimum atomic E-state index is -4.66. The van der Waals surface area contributed by atoms with Crippen LogP contribution in [-0.2, 0) is 6.18 Å². The molecular formula is C19H18ClF3N4O2. The molecule has 1 atom stereocenters. The van der Waals surface area contributed by atoms with Gasteiger partial charge in [-0.3, -0.25) is 9.69 Å². The van der Waals surface area contributed by atoms with Crippen LogP contribution < -0.4 is 4.90 Å². The summed E-state index contributed by atoms with van der Waals surface area (Å²) in [6.07, 6.45) is -2.73. The quantitative estimate of drug-likeness (QED) is 0.669. The summed E-state index contributed by atoms with van der Waals surface area (Å²) in [6.45, 7) is 3.86. The Balaban J connectivity index is 1.83. The third-order valence-electron chi connectivity index (χ3n) is 4.68. The Bertz CT molecular complexity index is 918. The number of alkyl halides is 3. The number of rotatable bonds is 5. The number of carbonyl (C=O) groups excluding carboxylic acids is 2. The molecule has 1 aromatic carbocycles. The molecule has 2 heterocycles. The largest absolute Gasteiger partial charge is 0.451 e. The Morgan fingerprint density at radius 3 is 2.48 bits per heavy atom. The van der Waals surface area contributed by atoms with Crippen molar-refractivity contribution in [1.82, 2.24) is 14.9 Å². The Morgan fingerprint density at radius 1 is 1.28 bits per heavy atom. The van der Waals surface area contributed by atoms with E-state index >= 15 is 0 Å². The molecule has 0 bridgehead atoms. The van der Waals surface area contributed by atoms with Gasteiger partial charge in [-0.1, -0.05) is 37.6 Å². The first kappa shape index (κ1) is 21.0. The number of carbonyl (C=O) groups is 2. The third-order valence-corrected chi connectivity index (χ3v) is 4.92. The van der Waals surface area contributed by atoms with Gasteiger partial charge in [0.25, 0.3) is 0 Å². The van der Waals surface area contributed by atoms with E-state index in [0.717, 1.165) is 12.4 Å². The lowest BCUT2D eigenvalue weighted by Gasteiger charge is -2.25. The average Bonchev–Trinajstić information content (AvgIpc) is 2.98. The van der Waals surface area contributed by atoms with Gasteiger partial charge in [-0.2, -0.15) is 13.2 Å². The first-order valence-corrected chi connectivity index (χ1v) is 9.22. The Kier molecular flexibility index (Phi) is 5.79. The van der Waals surface area contributed by atoms with E-state index in [1.165, 1.54) is 15.9 Å². The topological polar surface area (TPSA) is 66.4 Å². The van der Waals surface area contributed by atoms with Crippen molar-refractivity contribution in [3.8, 4) is 0 Å². The molecule has 0 aliphatic carbocycles. The Hall–Kier alpha value is -2.68. The summed E-state index contributed by atoms with van der Waals surface area (Å²) in [6, 6.07) is 5.64. The zero-order valence-electron chi connectivity index (χ0n) is 15.7. The molecule has 2 amide bonds. The third kappa shape index (κ3) is 4.50. The van der Waals surface area contributed by atoms with Crippen molar-refractivity contribution in [3.05, 3.63) is 53.1 Å². The van der Waals surface area contributed by atoms with Gasteiger partial charge in [-0.25, -0.2) is 14.8 Å². The molecule has 0 saturated carbocycles. The summed E-state index contributed by atoms with van der Waals surface area (Å²) >= 11 is 5.93. The van der Waals surface area contributed by atoms with Crippen LogP contribution in [0.2, 0.25) is 5.02 Å². The van der Waals surface area contributed by atoms with Crippen molar-refractivity contribution >= 4 is 29.1 Å². The summed E-state index contributed by atoms with van der Waals surface area (Å²) in [5.41, 5.74) is 0.524. The summed E-state index contributed by atoms with van der Waals surface area (Å²) in [5, 5.41) is 0.410. The van der Waals surface area contributed by atoms with Crippen LogP contribution in [0.25, 0.3) is 0 Å². The van der Waals surface area contributed by atoms with Crippen LogP contribution in [0, 0.1) is 5.92 Å². The molecule has 0 unspecified atom stereocenters. The lowest BCUT2D eigenvalue weighted by molar-refractivity contribution is -0.144. The smallest absolute Gasteiger partial charge is 0.312 e. The van der Waals surface area contributed by atoms with E-state index in [1.54, 1.807) is 18.2 Å². The van der Waals surface area contributed by atoms with Crippen LogP contribution in [0.1, 0.15) is 30.0 Å². The van der Waals surface area contributed by atoms with Crippen LogP contribution in [0.15, 0.2) is 36.7 Å². The van der Waals surface area contributed by atoms with Crippen molar-refractivity contribution in [2.45, 2.75) is 26.1 Å². The number of benzene rings is 1. The molecule has 3 rings (SSSR count). The van der Waals surface area contributed by atoms with E-state index in [-0.39, 0.29) is 36.5 Å². The number of anilines is 1. The lowest BCUT2D eigenvalue weighted by Crippen LogP contribution is -2.41. The van der Waals surface area contributed by atoms with Crippen LogP contribution in [0.5, 0.6) is 0 Å². The number of aromatic nitrogens is 2. The second-order valence-electron chi connectivity index (χ2n) is 7.03. The molecule has 29 heavy (non-hydrogen) atoms. The fourth-order valence-electron chi connectivity index (χ4n) is 3.15. The molecule has 2 aromatic rings. The highest BCUT2D eigenvalue weighted by Crippen LogP contribution is 2.30. The number of urea groups is 1. The van der Waals surface area contributed by atoms with Crippen LogP contribution >= 0.6 is 11.6 Å². The van der Waals surface area contributed by atoms with E-state index < -0.39 is 18.0 Å². The summed E-state index contributed by atoms with van der Waals surface area (Å²) in [5.74, 6) is -1.54. The van der Waals surface area contributed by atoms with E-state index in [1.807, 2.05) is 13.8 Å². The second-order valence-corrected chi connectivity index (χ2v) is 7.47. The Labute approximate surface area is 170 Å². The number of hydrogen-bond acceptors (Lipinski definition) is 4. The minimum absolute atomic E-state index is 0.0199. The van der Waals surface area contributed by atoms with Gasteiger partial charge in [-0.05, 0) is 18.1 Å². The standard InChI is InChI=1S/C19H18ClF3N4O2/c1-11(2)15-9-26(14-7-24-17(25-8-14)19(21,22)23)18(29)27(15)10-16(28)12-4-3-5-13(20)6-12/h3-8,11,15H,9-10H2,1-2H3/t15-/m1/s1. The first-order chi connectivity index (χ1) is 13.6. The molecule has 0 N–H and O–H groups in total. The Morgan fingerprint density at radius 2 is 1.93 bits per heavy atom. The summed E-state index contributed by atoms with van der Waals surface area (Å²) < 4.78 is 38.0. The van der Waals surface area contributed by atoms with Gasteiger partial charge < -0.3 is 4.90 Å². The highest BCUT2D eigenvalue weighted by molar-refractivity contribution is 6.31. The van der Waals surface area contributed by atoms with Gasteiger partial charge in [0.1, 0.15) is 0 Å². The van der Waals surface area contributed by atoms with Gasteiger partial charge in [0.05, 0.1) is 30.7 Å². The first-order valence-electron chi connectivity index (χ1n) is 8.84. The highest BCUT2D eigenvalue weighted by atomic mass is 35.5. The molecule has 10 heteroatoms. The lowest BCUT2D eigenvalue weighted by atomic mass is 10.0. The molecule has 1 fully saturated rings. The van der Waals surface area contributed by atoms with Crippen LogP contribution in [0.3, 0.4) is 0 Å². The van der Waals surface area contributed by atoms with E-state index in [2.05, 4.69) is 9.97 Å². The minimum Gasteiger partial charge on any atom is -0.312 e. The van der Waals surface area contributed by atoms with Crippen molar-refractivity contribution in [1.29, 1.82) is 0 Å². The van der Waals surface area contributed by atoms with E-state index in [0.29, 0.717) is 10.6 Å². The zero-order chi connectivity index (χ0) is 21.3. The maximum absolute atomic E-state index is 12.9. The van der Waals surface area contributed by atoms with Gasteiger partial charge in [-0.15, -0.1) is 0 Å². The van der Waals surface area contributed by atoms with Crippen molar-refractivity contribution in [2.75, 3.05) is 18.0 Å². The number of nitrogens with zero attached hydrogens (tertiary/aromatic N) is 4. The van der Waals surface area contributed by atoms with Crippen LogP contribution in [0.4, 0.5) is 23.7 Å². The molecule has 1 saturated heterocycles. The molecule has 1 aliphatic heterocycles.